The monoisotopic (exact) mass is 338 g/mol. The molecule has 0 amide bonds. The van der Waals surface area contributed by atoms with Gasteiger partial charge in [0, 0.05) is 17.5 Å². The van der Waals surface area contributed by atoms with Gasteiger partial charge in [-0.25, -0.2) is 4.39 Å². The zero-order chi connectivity index (χ0) is 17.7. The zero-order valence-electron chi connectivity index (χ0n) is 14.1. The van der Waals surface area contributed by atoms with E-state index < -0.39 is 0 Å². The van der Waals surface area contributed by atoms with Crippen molar-refractivity contribution in [3.8, 4) is 0 Å². The van der Waals surface area contributed by atoms with Gasteiger partial charge in [-0.1, -0.05) is 30.4 Å². The molecule has 0 saturated carbocycles. The average molecular weight is 338 g/mol. The first-order chi connectivity index (χ1) is 12.0. The van der Waals surface area contributed by atoms with Crippen molar-refractivity contribution in [1.29, 1.82) is 0 Å². The smallest absolute Gasteiger partial charge is 0.292 e. The topological polar surface area (TPSA) is 55.2 Å². The summed E-state index contributed by atoms with van der Waals surface area (Å²) in [5.74, 6) is -0.0513. The first kappa shape index (κ1) is 15.8. The minimum atomic E-state index is -0.352. The van der Waals surface area contributed by atoms with E-state index in [0.29, 0.717) is 11.3 Å². The summed E-state index contributed by atoms with van der Waals surface area (Å²) in [4.78, 5) is 11.3. The van der Waals surface area contributed by atoms with Crippen molar-refractivity contribution in [2.75, 3.05) is 5.32 Å². The lowest BCUT2D eigenvalue weighted by atomic mass is 9.74. The first-order valence-corrected chi connectivity index (χ1v) is 8.45. The molecule has 0 radical (unpaired) electrons. The van der Waals surface area contributed by atoms with Crippen molar-refractivity contribution in [3.63, 3.8) is 0 Å². The highest BCUT2D eigenvalue weighted by atomic mass is 19.1. The molecule has 0 aromatic heterocycles. The SMILES string of the molecule is Cc1cc([N+](=O)[O-])c2c(c1C)[C@@H]1C=CC[C@@H]1[C@@H](c1ccccc1F)N2. The standard InChI is InChI=1S/C20H19FN2O2/c1-11-10-17(23(24)25)20-18(12(11)2)13-7-5-8-14(13)19(22-20)15-6-3-4-9-16(15)21/h3-7,9-10,13-14,19,22H,8H2,1-2H3/t13-,14+,19+/m1/s1. The molecule has 0 saturated heterocycles. The number of anilines is 1. The Morgan fingerprint density at radius 2 is 2.04 bits per heavy atom. The van der Waals surface area contributed by atoms with Gasteiger partial charge in [-0.3, -0.25) is 10.1 Å². The van der Waals surface area contributed by atoms with Gasteiger partial charge in [-0.2, -0.15) is 0 Å². The van der Waals surface area contributed by atoms with Crippen LogP contribution in [0, 0.1) is 35.7 Å². The van der Waals surface area contributed by atoms with Crippen LogP contribution >= 0.6 is 0 Å². The summed E-state index contributed by atoms with van der Waals surface area (Å²) >= 11 is 0. The lowest BCUT2D eigenvalue weighted by molar-refractivity contribution is -0.384. The number of benzene rings is 2. The van der Waals surface area contributed by atoms with Crippen LogP contribution in [0.5, 0.6) is 0 Å². The molecule has 3 atom stereocenters. The second-order valence-corrected chi connectivity index (χ2v) is 6.88. The van der Waals surface area contributed by atoms with E-state index in [0.717, 1.165) is 23.1 Å². The van der Waals surface area contributed by atoms with Gasteiger partial charge in [0.2, 0.25) is 0 Å². The highest BCUT2D eigenvalue weighted by molar-refractivity contribution is 5.74. The molecule has 4 rings (SSSR count). The molecule has 4 nitrogen and oxygen atoms in total. The maximum atomic E-state index is 14.4. The molecule has 2 aromatic carbocycles. The summed E-state index contributed by atoms with van der Waals surface area (Å²) < 4.78 is 14.4. The van der Waals surface area contributed by atoms with Crippen molar-refractivity contribution < 1.29 is 9.31 Å². The number of nitro groups is 1. The summed E-state index contributed by atoms with van der Waals surface area (Å²) in [6, 6.07) is 8.00. The third kappa shape index (κ3) is 2.34. The number of hydrogen-bond acceptors (Lipinski definition) is 3. The van der Waals surface area contributed by atoms with Crippen LogP contribution in [0.3, 0.4) is 0 Å². The van der Waals surface area contributed by atoms with Crippen LogP contribution in [0.2, 0.25) is 0 Å². The fourth-order valence-corrected chi connectivity index (χ4v) is 4.26. The van der Waals surface area contributed by atoms with Gasteiger partial charge in [0.1, 0.15) is 11.5 Å². The highest BCUT2D eigenvalue weighted by Crippen LogP contribution is 2.53. The Labute approximate surface area is 145 Å². The van der Waals surface area contributed by atoms with Gasteiger partial charge in [0.25, 0.3) is 5.69 Å². The predicted octanol–water partition coefficient (Wildman–Crippen LogP) is 5.18. The molecule has 2 aromatic rings. The van der Waals surface area contributed by atoms with Crippen LogP contribution in [0.1, 0.15) is 40.6 Å². The van der Waals surface area contributed by atoms with Crippen LogP contribution in [0.4, 0.5) is 15.8 Å². The molecule has 1 aliphatic carbocycles. The Kier molecular flexibility index (Phi) is 3.60. The average Bonchev–Trinajstić information content (AvgIpc) is 3.07. The van der Waals surface area contributed by atoms with Gasteiger partial charge in [-0.15, -0.1) is 0 Å². The number of allylic oxidation sites excluding steroid dienone is 2. The first-order valence-electron chi connectivity index (χ1n) is 8.45. The van der Waals surface area contributed by atoms with Crippen LogP contribution in [-0.4, -0.2) is 4.92 Å². The minimum absolute atomic E-state index is 0.0678. The Morgan fingerprint density at radius 1 is 1.28 bits per heavy atom. The van der Waals surface area contributed by atoms with Crippen molar-refractivity contribution >= 4 is 11.4 Å². The van der Waals surface area contributed by atoms with E-state index in [1.165, 1.54) is 6.07 Å². The zero-order valence-corrected chi connectivity index (χ0v) is 14.1. The molecule has 1 aliphatic heterocycles. The van der Waals surface area contributed by atoms with Crippen LogP contribution in [0.15, 0.2) is 42.5 Å². The molecular formula is C20H19FN2O2. The number of halogens is 1. The largest absolute Gasteiger partial charge is 0.372 e. The minimum Gasteiger partial charge on any atom is -0.372 e. The maximum absolute atomic E-state index is 14.4. The van der Waals surface area contributed by atoms with Crippen LogP contribution < -0.4 is 5.32 Å². The number of nitrogens with one attached hydrogen (secondary N) is 1. The number of aryl methyl sites for hydroxylation is 1. The number of hydrogen-bond donors (Lipinski definition) is 1. The summed E-state index contributed by atoms with van der Waals surface area (Å²) in [5.41, 5.74) is 4.14. The van der Waals surface area contributed by atoms with E-state index in [9.17, 15) is 14.5 Å². The molecule has 128 valence electrons. The molecule has 5 heteroatoms. The van der Waals surface area contributed by atoms with Gasteiger partial charge in [0.05, 0.1) is 11.0 Å². The lowest BCUT2D eigenvalue weighted by Gasteiger charge is -2.38. The second-order valence-electron chi connectivity index (χ2n) is 6.88. The van der Waals surface area contributed by atoms with Crippen LogP contribution in [-0.2, 0) is 0 Å². The molecule has 0 unspecified atom stereocenters. The molecule has 1 N–H and O–H groups in total. The predicted molar refractivity (Wildman–Crippen MR) is 95.3 cm³/mol. The second kappa shape index (κ2) is 5.69. The highest BCUT2D eigenvalue weighted by Gasteiger charge is 2.42. The Morgan fingerprint density at radius 3 is 2.76 bits per heavy atom. The van der Waals surface area contributed by atoms with E-state index in [4.69, 9.17) is 0 Å². The third-order valence-electron chi connectivity index (χ3n) is 5.59. The number of rotatable bonds is 2. The number of nitro benzene ring substituents is 1. The van der Waals surface area contributed by atoms with Gasteiger partial charge < -0.3 is 5.32 Å². The lowest BCUT2D eigenvalue weighted by Crippen LogP contribution is -2.31. The molecule has 0 spiro atoms. The Balaban J connectivity index is 1.94. The summed E-state index contributed by atoms with van der Waals surface area (Å²) in [5, 5.41) is 14.9. The normalized spacial score (nSPS) is 23.7. The fraction of sp³-hybridized carbons (Fsp3) is 0.300. The van der Waals surface area contributed by atoms with E-state index >= 15 is 0 Å². The molecular weight excluding hydrogens is 319 g/mol. The van der Waals surface area contributed by atoms with E-state index in [-0.39, 0.29) is 34.3 Å². The number of nitrogens with zero attached hydrogens (tertiary/aromatic N) is 1. The Hall–Kier alpha value is -2.69. The van der Waals surface area contributed by atoms with Gasteiger partial charge in [-0.05, 0) is 48.9 Å². The van der Waals surface area contributed by atoms with E-state index in [1.54, 1.807) is 18.2 Å². The number of fused-ring (bicyclic) bond motifs is 3. The summed E-state index contributed by atoms with van der Waals surface area (Å²) in [6.45, 7) is 3.91. The molecule has 1 heterocycles. The van der Waals surface area contributed by atoms with Crippen LogP contribution in [0.25, 0.3) is 0 Å². The van der Waals surface area contributed by atoms with Gasteiger partial charge in [0.15, 0.2) is 0 Å². The Bertz CT molecular complexity index is 907. The summed E-state index contributed by atoms with van der Waals surface area (Å²) in [7, 11) is 0. The molecule has 25 heavy (non-hydrogen) atoms. The molecule has 0 fully saturated rings. The third-order valence-corrected chi connectivity index (χ3v) is 5.59. The molecule has 2 aliphatic rings. The maximum Gasteiger partial charge on any atom is 0.292 e. The fourth-order valence-electron chi connectivity index (χ4n) is 4.26. The van der Waals surface area contributed by atoms with E-state index in [1.807, 2.05) is 19.9 Å². The van der Waals surface area contributed by atoms with Crippen molar-refractivity contribution in [2.45, 2.75) is 32.2 Å². The molecule has 0 bridgehead atoms. The quantitative estimate of drug-likeness (QED) is 0.466. The van der Waals surface area contributed by atoms with E-state index in [2.05, 4.69) is 17.5 Å². The van der Waals surface area contributed by atoms with Crippen molar-refractivity contribution in [2.24, 2.45) is 5.92 Å². The summed E-state index contributed by atoms with van der Waals surface area (Å²) in [6.07, 6.45) is 5.05. The van der Waals surface area contributed by atoms with Crippen molar-refractivity contribution in [3.05, 3.63) is 80.7 Å². The van der Waals surface area contributed by atoms with Gasteiger partial charge >= 0.3 is 0 Å². The van der Waals surface area contributed by atoms with Crippen molar-refractivity contribution in [1.82, 2.24) is 0 Å².